The van der Waals surface area contributed by atoms with Crippen molar-refractivity contribution in [1.29, 1.82) is 0 Å². The fraction of sp³-hybridized carbons (Fsp3) is 0.300. The Balaban J connectivity index is 3.12. The second kappa shape index (κ2) is 4.82. The van der Waals surface area contributed by atoms with Gasteiger partial charge in [0.25, 0.3) is 0 Å². The lowest BCUT2D eigenvalue weighted by molar-refractivity contribution is -0.141. The normalized spacial score (nSPS) is 15.2. The van der Waals surface area contributed by atoms with Crippen molar-refractivity contribution in [2.45, 2.75) is 17.0 Å². The van der Waals surface area contributed by atoms with Gasteiger partial charge in [0, 0.05) is 6.26 Å². The monoisotopic (exact) mass is 259 g/mol. The number of carboxylic acids is 1. The molecule has 0 amide bonds. The van der Waals surface area contributed by atoms with Gasteiger partial charge in [0.2, 0.25) is 0 Å². The topological polar surface area (TPSA) is 118 Å². The van der Waals surface area contributed by atoms with E-state index in [1.54, 1.807) is 0 Å². The molecule has 1 aromatic rings. The van der Waals surface area contributed by atoms with Crippen molar-refractivity contribution < 1.29 is 23.4 Å². The summed E-state index contributed by atoms with van der Waals surface area (Å²) in [6.07, 6.45) is -0.426. The van der Waals surface area contributed by atoms with Gasteiger partial charge in [0.15, 0.2) is 9.84 Å². The van der Waals surface area contributed by atoms with Gasteiger partial charge in [-0.15, -0.1) is 0 Å². The second-order valence-electron chi connectivity index (χ2n) is 3.65. The van der Waals surface area contributed by atoms with Crippen LogP contribution in [0.1, 0.15) is 11.7 Å². The van der Waals surface area contributed by atoms with Gasteiger partial charge in [-0.2, -0.15) is 0 Å². The van der Waals surface area contributed by atoms with Crippen LogP contribution in [0, 0.1) is 0 Å². The van der Waals surface area contributed by atoms with E-state index < -0.39 is 28.0 Å². The zero-order chi connectivity index (χ0) is 13.2. The fourth-order valence-corrected chi connectivity index (χ4v) is 1.95. The predicted molar refractivity (Wildman–Crippen MR) is 60.1 cm³/mol. The van der Waals surface area contributed by atoms with Gasteiger partial charge >= 0.3 is 5.97 Å². The number of aliphatic carboxylic acids is 1. The molecule has 4 N–H and O–H groups in total. The Morgan fingerprint density at radius 3 is 2.47 bits per heavy atom. The predicted octanol–water partition coefficient (Wildman–Crippen LogP) is -0.465. The highest BCUT2D eigenvalue weighted by Gasteiger charge is 2.24. The zero-order valence-electron chi connectivity index (χ0n) is 9.07. The molecule has 1 rings (SSSR count). The van der Waals surface area contributed by atoms with E-state index in [9.17, 15) is 18.3 Å². The maximum atomic E-state index is 11.3. The van der Waals surface area contributed by atoms with Crippen molar-refractivity contribution in [3.8, 4) is 0 Å². The SMILES string of the molecule is CS(=O)(=O)c1cccc(C(O)C(N)C(=O)O)c1. The van der Waals surface area contributed by atoms with Crippen LogP contribution in [0.4, 0.5) is 0 Å². The van der Waals surface area contributed by atoms with Gasteiger partial charge < -0.3 is 15.9 Å². The molecule has 0 fully saturated rings. The Morgan fingerprint density at radius 2 is 2.00 bits per heavy atom. The number of rotatable bonds is 4. The van der Waals surface area contributed by atoms with E-state index in [-0.39, 0.29) is 10.5 Å². The molecule has 94 valence electrons. The fourth-order valence-electron chi connectivity index (χ4n) is 1.27. The van der Waals surface area contributed by atoms with Crippen LogP contribution in [-0.2, 0) is 14.6 Å². The van der Waals surface area contributed by atoms with Crippen LogP contribution in [0.25, 0.3) is 0 Å². The van der Waals surface area contributed by atoms with Crippen LogP contribution in [0.15, 0.2) is 29.2 Å². The number of aliphatic hydroxyl groups is 1. The highest BCUT2D eigenvalue weighted by molar-refractivity contribution is 7.90. The standard InChI is InChI=1S/C10H13NO5S/c1-17(15,16)7-4-2-3-6(5-7)9(12)8(11)10(13)14/h2-5,8-9,12H,11H2,1H3,(H,13,14). The lowest BCUT2D eigenvalue weighted by Gasteiger charge is -2.15. The first-order valence-corrected chi connectivity index (χ1v) is 6.59. The molecule has 1 aromatic carbocycles. The van der Waals surface area contributed by atoms with Crippen LogP contribution >= 0.6 is 0 Å². The van der Waals surface area contributed by atoms with Crippen molar-refractivity contribution in [1.82, 2.24) is 0 Å². The summed E-state index contributed by atoms with van der Waals surface area (Å²) < 4.78 is 22.6. The Labute approximate surface area is 98.6 Å². The average molecular weight is 259 g/mol. The van der Waals surface area contributed by atoms with Crippen LogP contribution in [-0.4, -0.2) is 36.9 Å². The van der Waals surface area contributed by atoms with E-state index in [0.29, 0.717) is 0 Å². The van der Waals surface area contributed by atoms with Crippen molar-refractivity contribution in [3.63, 3.8) is 0 Å². The van der Waals surface area contributed by atoms with Crippen LogP contribution in [0.5, 0.6) is 0 Å². The third-order valence-corrected chi connectivity index (χ3v) is 3.36. The average Bonchev–Trinajstić information content (AvgIpc) is 2.26. The van der Waals surface area contributed by atoms with Gasteiger partial charge in [-0.3, -0.25) is 4.79 Å². The molecule has 7 heteroatoms. The summed E-state index contributed by atoms with van der Waals surface area (Å²) in [6, 6.07) is 3.91. The molecule has 0 bridgehead atoms. The number of benzene rings is 1. The molecule has 6 nitrogen and oxygen atoms in total. The first kappa shape index (κ1) is 13.6. The van der Waals surface area contributed by atoms with Gasteiger partial charge in [0.05, 0.1) is 4.90 Å². The highest BCUT2D eigenvalue weighted by atomic mass is 32.2. The summed E-state index contributed by atoms with van der Waals surface area (Å²) in [5.41, 5.74) is 5.41. The molecule has 0 saturated carbocycles. The summed E-state index contributed by atoms with van der Waals surface area (Å²) >= 11 is 0. The van der Waals surface area contributed by atoms with E-state index in [0.717, 1.165) is 6.26 Å². The second-order valence-corrected chi connectivity index (χ2v) is 5.67. The molecule has 0 saturated heterocycles. The Kier molecular flexibility index (Phi) is 3.87. The lowest BCUT2D eigenvalue weighted by atomic mass is 10.0. The van der Waals surface area contributed by atoms with Gasteiger partial charge in [-0.25, -0.2) is 8.42 Å². The van der Waals surface area contributed by atoms with E-state index in [2.05, 4.69) is 0 Å². The first-order chi connectivity index (χ1) is 7.73. The van der Waals surface area contributed by atoms with E-state index >= 15 is 0 Å². The molecule has 2 atom stereocenters. The number of aliphatic hydroxyl groups excluding tert-OH is 1. The van der Waals surface area contributed by atoms with Crippen molar-refractivity contribution >= 4 is 15.8 Å². The van der Waals surface area contributed by atoms with Crippen LogP contribution < -0.4 is 5.73 Å². The third kappa shape index (κ3) is 3.26. The van der Waals surface area contributed by atoms with Crippen LogP contribution in [0.2, 0.25) is 0 Å². The van der Waals surface area contributed by atoms with Crippen molar-refractivity contribution in [3.05, 3.63) is 29.8 Å². The smallest absolute Gasteiger partial charge is 0.323 e. The van der Waals surface area contributed by atoms with Crippen molar-refractivity contribution in [2.24, 2.45) is 5.73 Å². The molecule has 0 spiro atoms. The molecule has 0 aliphatic carbocycles. The number of sulfone groups is 1. The molecule has 0 radical (unpaired) electrons. The van der Waals surface area contributed by atoms with Gasteiger partial charge in [0.1, 0.15) is 12.1 Å². The summed E-state index contributed by atoms with van der Waals surface area (Å²) in [5, 5.41) is 18.3. The van der Waals surface area contributed by atoms with E-state index in [4.69, 9.17) is 10.8 Å². The molecular formula is C10H13NO5S. The maximum Gasteiger partial charge on any atom is 0.323 e. The number of nitrogens with two attached hydrogens (primary N) is 1. The molecule has 0 heterocycles. The van der Waals surface area contributed by atoms with E-state index in [1.807, 2.05) is 0 Å². The molecular weight excluding hydrogens is 246 g/mol. The number of hydrogen-bond acceptors (Lipinski definition) is 5. The minimum atomic E-state index is -3.40. The van der Waals surface area contributed by atoms with Crippen molar-refractivity contribution in [2.75, 3.05) is 6.26 Å². The number of hydrogen-bond donors (Lipinski definition) is 3. The molecule has 17 heavy (non-hydrogen) atoms. The maximum absolute atomic E-state index is 11.3. The Morgan fingerprint density at radius 1 is 1.41 bits per heavy atom. The van der Waals surface area contributed by atoms with Gasteiger partial charge in [-0.05, 0) is 17.7 Å². The lowest BCUT2D eigenvalue weighted by Crippen LogP contribution is -2.36. The summed E-state index contributed by atoms with van der Waals surface area (Å²) in [5.74, 6) is -1.36. The summed E-state index contributed by atoms with van der Waals surface area (Å²) in [4.78, 5) is 10.6. The summed E-state index contributed by atoms with van der Waals surface area (Å²) in [6.45, 7) is 0. The zero-order valence-corrected chi connectivity index (χ0v) is 9.89. The molecule has 0 aromatic heterocycles. The quantitative estimate of drug-likeness (QED) is 0.673. The largest absolute Gasteiger partial charge is 0.480 e. The first-order valence-electron chi connectivity index (χ1n) is 4.70. The minimum Gasteiger partial charge on any atom is -0.480 e. The molecule has 2 unspecified atom stereocenters. The summed E-state index contributed by atoms with van der Waals surface area (Å²) in [7, 11) is -3.40. The third-order valence-electron chi connectivity index (χ3n) is 2.25. The minimum absolute atomic E-state index is 0.00615. The molecule has 0 aliphatic heterocycles. The van der Waals surface area contributed by atoms with Gasteiger partial charge in [-0.1, -0.05) is 12.1 Å². The number of carbonyl (C=O) groups is 1. The Hall–Kier alpha value is -1.44. The van der Waals surface area contributed by atoms with E-state index in [1.165, 1.54) is 24.3 Å². The van der Waals surface area contributed by atoms with Crippen LogP contribution in [0.3, 0.4) is 0 Å². The Bertz CT molecular complexity index is 525. The molecule has 0 aliphatic rings. The highest BCUT2D eigenvalue weighted by Crippen LogP contribution is 2.19. The number of carboxylic acid groups (broad SMARTS) is 1.